The fourth-order valence-electron chi connectivity index (χ4n) is 6.38. The Bertz CT molecular complexity index is 593. The minimum Gasteiger partial charge on any atom is -0.390 e. The summed E-state index contributed by atoms with van der Waals surface area (Å²) in [6.07, 6.45) is 11.8. The molecule has 3 nitrogen and oxygen atoms in total. The van der Waals surface area contributed by atoms with Crippen LogP contribution in [0.25, 0.3) is 0 Å². The van der Waals surface area contributed by atoms with Crippen molar-refractivity contribution < 1.29 is 14.9 Å². The van der Waals surface area contributed by atoms with Crippen LogP contribution in [0.1, 0.15) is 58.3 Å². The summed E-state index contributed by atoms with van der Waals surface area (Å²) in [6, 6.07) is 0. The molecule has 0 amide bonds. The number of rotatable bonds is 0. The van der Waals surface area contributed by atoms with Crippen molar-refractivity contribution in [3.05, 3.63) is 23.3 Å². The molecule has 3 heteroatoms. The van der Waals surface area contributed by atoms with E-state index in [2.05, 4.69) is 19.1 Å². The Kier molecular flexibility index (Phi) is 2.54. The highest BCUT2D eigenvalue weighted by Gasteiger charge is 2.65. The summed E-state index contributed by atoms with van der Waals surface area (Å²) in [6.45, 7) is 2.44. The summed E-state index contributed by atoms with van der Waals surface area (Å²) in [5.41, 5.74) is 2.25. The zero-order valence-electron chi connectivity index (χ0n) is 13.3. The first-order valence-corrected chi connectivity index (χ1v) is 8.98. The SMILES string of the molecule is CC12CC=C3C=C4C(O)C(O)CCC45CCC3(O5)C1CCC2. The molecule has 2 N–H and O–H groups in total. The lowest BCUT2D eigenvalue weighted by Crippen LogP contribution is -2.55. The molecule has 6 unspecified atom stereocenters. The fourth-order valence-corrected chi connectivity index (χ4v) is 6.38. The number of aliphatic hydroxyl groups excluding tert-OH is 2. The van der Waals surface area contributed by atoms with Crippen LogP contribution in [-0.4, -0.2) is 33.6 Å². The molecule has 2 saturated carbocycles. The molecule has 5 aliphatic rings. The van der Waals surface area contributed by atoms with Crippen LogP contribution in [0.5, 0.6) is 0 Å². The van der Waals surface area contributed by atoms with Crippen LogP contribution in [0.4, 0.5) is 0 Å². The van der Waals surface area contributed by atoms with Crippen LogP contribution in [-0.2, 0) is 4.74 Å². The molecule has 3 aliphatic carbocycles. The topological polar surface area (TPSA) is 49.7 Å². The van der Waals surface area contributed by atoms with Gasteiger partial charge >= 0.3 is 0 Å². The summed E-state index contributed by atoms with van der Waals surface area (Å²) in [4.78, 5) is 0. The minimum atomic E-state index is -0.748. The van der Waals surface area contributed by atoms with E-state index in [1.807, 2.05) is 0 Å². The lowest BCUT2D eigenvalue weighted by Gasteiger charge is -2.53. The van der Waals surface area contributed by atoms with Crippen LogP contribution in [0, 0.1) is 11.3 Å². The van der Waals surface area contributed by atoms with Gasteiger partial charge in [-0.15, -0.1) is 0 Å². The summed E-state index contributed by atoms with van der Waals surface area (Å²) < 4.78 is 6.87. The van der Waals surface area contributed by atoms with E-state index in [4.69, 9.17) is 4.74 Å². The predicted octanol–water partition coefficient (Wildman–Crippen LogP) is 2.87. The molecule has 0 aromatic carbocycles. The second kappa shape index (κ2) is 4.06. The van der Waals surface area contributed by atoms with Crippen LogP contribution in [0.3, 0.4) is 0 Å². The Morgan fingerprint density at radius 3 is 2.86 bits per heavy atom. The Morgan fingerprint density at radius 1 is 1.14 bits per heavy atom. The zero-order valence-corrected chi connectivity index (χ0v) is 13.3. The quantitative estimate of drug-likeness (QED) is 0.723. The third kappa shape index (κ3) is 1.44. The normalized spacial score (nSPS) is 55.9. The molecule has 2 heterocycles. The Hall–Kier alpha value is -0.640. The molecule has 2 bridgehead atoms. The van der Waals surface area contributed by atoms with Gasteiger partial charge in [0.25, 0.3) is 0 Å². The molecule has 1 saturated heterocycles. The van der Waals surface area contributed by atoms with E-state index in [9.17, 15) is 10.2 Å². The lowest BCUT2D eigenvalue weighted by molar-refractivity contribution is -0.151. The number of aliphatic hydroxyl groups is 2. The number of fused-ring (bicyclic) bond motifs is 1. The van der Waals surface area contributed by atoms with Crippen molar-refractivity contribution in [1.82, 2.24) is 0 Å². The van der Waals surface area contributed by atoms with Crippen LogP contribution in [0.15, 0.2) is 23.3 Å². The molecular weight excluding hydrogens is 276 g/mol. The van der Waals surface area contributed by atoms with Gasteiger partial charge < -0.3 is 14.9 Å². The number of allylic oxidation sites excluding steroid dienone is 1. The second-order valence-corrected chi connectivity index (χ2v) is 8.60. The summed E-state index contributed by atoms with van der Waals surface area (Å²) in [7, 11) is 0. The van der Waals surface area contributed by atoms with Gasteiger partial charge in [-0.05, 0) is 67.4 Å². The second-order valence-electron chi connectivity index (χ2n) is 8.60. The van der Waals surface area contributed by atoms with Crippen LogP contribution in [0.2, 0.25) is 0 Å². The van der Waals surface area contributed by atoms with E-state index in [1.54, 1.807) is 0 Å². The molecule has 3 fully saturated rings. The number of hydrogen-bond donors (Lipinski definition) is 2. The first kappa shape index (κ1) is 13.8. The van der Waals surface area contributed by atoms with E-state index in [0.717, 1.165) is 31.3 Å². The lowest BCUT2D eigenvalue weighted by atomic mass is 9.61. The summed E-state index contributed by atoms with van der Waals surface area (Å²) >= 11 is 0. The maximum Gasteiger partial charge on any atom is 0.104 e. The molecular formula is C19H26O3. The maximum atomic E-state index is 10.5. The molecule has 0 aromatic rings. The molecule has 0 aromatic heterocycles. The number of ether oxygens (including phenoxy) is 1. The monoisotopic (exact) mass is 302 g/mol. The first-order valence-electron chi connectivity index (χ1n) is 8.98. The van der Waals surface area contributed by atoms with E-state index in [1.165, 1.54) is 24.8 Å². The van der Waals surface area contributed by atoms with Crippen LogP contribution >= 0.6 is 0 Å². The average molecular weight is 302 g/mol. The Labute approximate surface area is 132 Å². The smallest absolute Gasteiger partial charge is 0.104 e. The minimum absolute atomic E-state index is 0.102. The van der Waals surface area contributed by atoms with Gasteiger partial charge in [0, 0.05) is 0 Å². The van der Waals surface area contributed by atoms with Crippen molar-refractivity contribution in [2.75, 3.05) is 0 Å². The molecule has 6 atom stereocenters. The Morgan fingerprint density at radius 2 is 2.00 bits per heavy atom. The number of hydrogen-bond acceptors (Lipinski definition) is 3. The standard InChI is InChI=1S/C19H26O3/c1-17-6-2-3-15(17)19-10-9-18(22-19)8-5-14(20)16(21)13(18)11-12(19)4-7-17/h4,11,14-16,20-21H,2-3,5-10H2,1H3. The van der Waals surface area contributed by atoms with Gasteiger partial charge in [0.2, 0.25) is 0 Å². The first-order chi connectivity index (χ1) is 10.5. The predicted molar refractivity (Wildman–Crippen MR) is 83.3 cm³/mol. The van der Waals surface area contributed by atoms with Gasteiger partial charge in [0.15, 0.2) is 0 Å². The summed E-state index contributed by atoms with van der Waals surface area (Å²) in [5.74, 6) is 0.626. The third-order valence-electron chi connectivity index (χ3n) is 7.56. The molecule has 0 radical (unpaired) electrons. The summed E-state index contributed by atoms with van der Waals surface area (Å²) in [5, 5.41) is 20.5. The van der Waals surface area contributed by atoms with Gasteiger partial charge in [-0.1, -0.05) is 25.5 Å². The van der Waals surface area contributed by atoms with E-state index < -0.39 is 12.2 Å². The molecule has 120 valence electrons. The van der Waals surface area contributed by atoms with Gasteiger partial charge in [-0.25, -0.2) is 0 Å². The van der Waals surface area contributed by atoms with Crippen molar-refractivity contribution in [2.45, 2.75) is 81.7 Å². The molecule has 22 heavy (non-hydrogen) atoms. The highest BCUT2D eigenvalue weighted by molar-refractivity contribution is 5.48. The van der Waals surface area contributed by atoms with Crippen molar-refractivity contribution in [3.8, 4) is 0 Å². The van der Waals surface area contributed by atoms with Crippen molar-refractivity contribution in [2.24, 2.45) is 11.3 Å². The van der Waals surface area contributed by atoms with Crippen molar-refractivity contribution in [1.29, 1.82) is 0 Å². The van der Waals surface area contributed by atoms with Crippen LogP contribution < -0.4 is 0 Å². The van der Waals surface area contributed by atoms with Crippen molar-refractivity contribution >= 4 is 0 Å². The van der Waals surface area contributed by atoms with Gasteiger partial charge in [0.05, 0.1) is 17.3 Å². The molecule has 2 aliphatic heterocycles. The van der Waals surface area contributed by atoms with E-state index in [0.29, 0.717) is 17.8 Å². The van der Waals surface area contributed by atoms with Gasteiger partial charge in [-0.2, -0.15) is 0 Å². The highest BCUT2D eigenvalue weighted by atomic mass is 16.5. The maximum absolute atomic E-state index is 10.5. The molecule has 5 rings (SSSR count). The van der Waals surface area contributed by atoms with Gasteiger partial charge in [0.1, 0.15) is 6.10 Å². The third-order valence-corrected chi connectivity index (χ3v) is 7.56. The zero-order chi connectivity index (χ0) is 15.2. The highest BCUT2D eigenvalue weighted by Crippen LogP contribution is 2.66. The van der Waals surface area contributed by atoms with Gasteiger partial charge in [-0.3, -0.25) is 0 Å². The fraction of sp³-hybridized carbons (Fsp3) is 0.789. The van der Waals surface area contributed by atoms with E-state index >= 15 is 0 Å². The van der Waals surface area contributed by atoms with Crippen molar-refractivity contribution in [3.63, 3.8) is 0 Å². The average Bonchev–Trinajstić information content (AvgIpc) is 3.04. The largest absolute Gasteiger partial charge is 0.390 e. The Balaban J connectivity index is 1.66. The molecule has 2 spiro atoms. The van der Waals surface area contributed by atoms with E-state index in [-0.39, 0.29) is 11.2 Å².